The van der Waals surface area contributed by atoms with Crippen LogP contribution in [0.1, 0.15) is 41.9 Å². The monoisotopic (exact) mass is 437 g/mol. The van der Waals surface area contributed by atoms with E-state index in [1.54, 1.807) is 0 Å². The predicted octanol–water partition coefficient (Wildman–Crippen LogP) is 2.88. The second-order valence-corrected chi connectivity index (χ2v) is 8.37. The Morgan fingerprint density at radius 3 is 2.72 bits per heavy atom. The van der Waals surface area contributed by atoms with E-state index >= 15 is 0 Å². The molecule has 4 heterocycles. The number of hydrogen-bond donors (Lipinski definition) is 1. The smallest absolute Gasteiger partial charge is 0.307 e. The van der Waals surface area contributed by atoms with Gasteiger partial charge in [-0.3, -0.25) is 9.78 Å². The molecule has 0 bridgehead atoms. The van der Waals surface area contributed by atoms with Gasteiger partial charge in [0.15, 0.2) is 0 Å². The minimum atomic E-state index is -0.271. The zero-order valence-electron chi connectivity index (χ0n) is 18.1. The fraction of sp³-hybridized carbons (Fsp3) is 0.478. The van der Waals surface area contributed by atoms with Gasteiger partial charge in [-0.1, -0.05) is 0 Å². The van der Waals surface area contributed by atoms with Gasteiger partial charge in [-0.05, 0) is 44.2 Å². The summed E-state index contributed by atoms with van der Waals surface area (Å²) < 4.78 is 17.0. The van der Waals surface area contributed by atoms with Crippen LogP contribution in [0.25, 0.3) is 10.9 Å². The summed E-state index contributed by atoms with van der Waals surface area (Å²) >= 11 is 0. The van der Waals surface area contributed by atoms with Crippen LogP contribution in [-0.4, -0.2) is 59.3 Å². The van der Waals surface area contributed by atoms with Crippen LogP contribution in [0, 0.1) is 6.92 Å². The van der Waals surface area contributed by atoms with Crippen molar-refractivity contribution in [3.05, 3.63) is 42.2 Å². The Balaban J connectivity index is 1.29. The Hall–Kier alpha value is -3.20. The summed E-state index contributed by atoms with van der Waals surface area (Å²) in [5, 5.41) is 3.93. The molecule has 9 heteroatoms. The number of ether oxygens (including phenoxy) is 2. The van der Waals surface area contributed by atoms with Gasteiger partial charge >= 0.3 is 5.91 Å². The van der Waals surface area contributed by atoms with Crippen LogP contribution in [0.4, 0.5) is 5.82 Å². The molecule has 1 N–H and O–H groups in total. The van der Waals surface area contributed by atoms with Gasteiger partial charge in [0.2, 0.25) is 5.88 Å². The standard InChI is InChI=1S/C23H27N5O4/c1-15-12-18-19(25-14-15)13-20(28-7-10-30-11-8-28)27-22(18)32-17-4-2-16(3-5-17)26-21(29)23-24-6-9-31-23/h6,9,12-14,16-17H,2-5,7-8,10-11H2,1H3,(H,26,29)/t16-,17+. The Morgan fingerprint density at radius 2 is 1.97 bits per heavy atom. The molecule has 168 valence electrons. The highest BCUT2D eigenvalue weighted by molar-refractivity contribution is 5.89. The van der Waals surface area contributed by atoms with E-state index in [1.807, 2.05) is 19.2 Å². The largest absolute Gasteiger partial charge is 0.474 e. The second kappa shape index (κ2) is 9.12. The van der Waals surface area contributed by atoms with E-state index in [9.17, 15) is 4.79 Å². The van der Waals surface area contributed by atoms with Crippen LogP contribution in [0.2, 0.25) is 0 Å². The molecule has 5 rings (SSSR count). The van der Waals surface area contributed by atoms with E-state index in [2.05, 4.69) is 26.3 Å². The second-order valence-electron chi connectivity index (χ2n) is 8.37. The first kappa shape index (κ1) is 20.7. The number of nitrogens with zero attached hydrogens (tertiary/aromatic N) is 4. The lowest BCUT2D eigenvalue weighted by Gasteiger charge is -2.30. The number of rotatable bonds is 5. The van der Waals surface area contributed by atoms with Gasteiger partial charge in [0.1, 0.15) is 18.2 Å². The number of aromatic nitrogens is 3. The summed E-state index contributed by atoms with van der Waals surface area (Å²) in [5.41, 5.74) is 1.95. The average Bonchev–Trinajstić information content (AvgIpc) is 3.36. The lowest BCUT2D eigenvalue weighted by Crippen LogP contribution is -2.40. The minimum Gasteiger partial charge on any atom is -0.474 e. The van der Waals surface area contributed by atoms with Gasteiger partial charge < -0.3 is 24.1 Å². The van der Waals surface area contributed by atoms with E-state index in [0.29, 0.717) is 19.1 Å². The molecular formula is C23H27N5O4. The topological polar surface area (TPSA) is 103 Å². The molecule has 2 aliphatic rings. The molecule has 1 amide bonds. The van der Waals surface area contributed by atoms with Gasteiger partial charge in [-0.25, -0.2) is 4.98 Å². The SMILES string of the molecule is Cc1cnc2cc(N3CCOCC3)nc(O[C@H]3CC[C@@H](NC(=O)c4ncco4)CC3)c2c1. The molecule has 0 spiro atoms. The third-order valence-electron chi connectivity index (χ3n) is 6.02. The summed E-state index contributed by atoms with van der Waals surface area (Å²) in [6.45, 7) is 5.02. The Labute approximate surface area is 186 Å². The van der Waals surface area contributed by atoms with Gasteiger partial charge in [0.05, 0.1) is 30.3 Å². The molecule has 0 radical (unpaired) electrons. The van der Waals surface area contributed by atoms with Crippen molar-refractivity contribution in [3.63, 3.8) is 0 Å². The van der Waals surface area contributed by atoms with Crippen molar-refractivity contribution >= 4 is 22.6 Å². The molecule has 1 aliphatic carbocycles. The summed E-state index contributed by atoms with van der Waals surface area (Å²) in [7, 11) is 0. The van der Waals surface area contributed by atoms with Gasteiger partial charge in [-0.15, -0.1) is 0 Å². The fourth-order valence-corrected chi connectivity index (χ4v) is 4.29. The van der Waals surface area contributed by atoms with E-state index in [-0.39, 0.29) is 23.9 Å². The number of fused-ring (bicyclic) bond motifs is 1. The van der Waals surface area contributed by atoms with E-state index in [0.717, 1.165) is 61.1 Å². The van der Waals surface area contributed by atoms with Crippen molar-refractivity contribution in [1.82, 2.24) is 20.3 Å². The highest BCUT2D eigenvalue weighted by atomic mass is 16.5. The molecule has 32 heavy (non-hydrogen) atoms. The maximum Gasteiger partial charge on any atom is 0.307 e. The van der Waals surface area contributed by atoms with Gasteiger partial charge in [-0.2, -0.15) is 4.98 Å². The van der Waals surface area contributed by atoms with Gasteiger partial charge in [0.25, 0.3) is 5.89 Å². The third kappa shape index (κ3) is 4.52. The molecule has 3 aromatic heterocycles. The first-order chi connectivity index (χ1) is 15.7. The average molecular weight is 438 g/mol. The van der Waals surface area contributed by atoms with E-state index < -0.39 is 0 Å². The van der Waals surface area contributed by atoms with Crippen LogP contribution >= 0.6 is 0 Å². The van der Waals surface area contributed by atoms with Crippen LogP contribution in [0.3, 0.4) is 0 Å². The Kier molecular flexibility index (Phi) is 5.89. The number of carbonyl (C=O) groups excluding carboxylic acids is 1. The summed E-state index contributed by atoms with van der Waals surface area (Å²) in [5.74, 6) is 1.33. The maximum atomic E-state index is 12.2. The van der Waals surface area contributed by atoms with E-state index in [4.69, 9.17) is 18.9 Å². The molecular weight excluding hydrogens is 410 g/mol. The molecule has 3 aromatic rings. The molecule has 2 fully saturated rings. The number of carbonyl (C=O) groups is 1. The number of amides is 1. The molecule has 1 aliphatic heterocycles. The predicted molar refractivity (Wildman–Crippen MR) is 118 cm³/mol. The molecule has 1 saturated heterocycles. The van der Waals surface area contributed by atoms with Crippen molar-refractivity contribution in [2.75, 3.05) is 31.2 Å². The lowest BCUT2D eigenvalue weighted by atomic mass is 9.93. The van der Waals surface area contributed by atoms with Crippen LogP contribution in [0.15, 0.2) is 35.2 Å². The van der Waals surface area contributed by atoms with Crippen molar-refractivity contribution in [2.24, 2.45) is 0 Å². The zero-order valence-corrected chi connectivity index (χ0v) is 18.1. The summed E-state index contributed by atoms with van der Waals surface area (Å²) in [6.07, 6.45) is 8.11. The number of aryl methyl sites for hydroxylation is 1. The molecule has 0 aromatic carbocycles. The summed E-state index contributed by atoms with van der Waals surface area (Å²) in [4.78, 5) is 27.8. The van der Waals surface area contributed by atoms with Crippen molar-refractivity contribution in [3.8, 4) is 5.88 Å². The molecule has 0 atom stereocenters. The van der Waals surface area contributed by atoms with E-state index in [1.165, 1.54) is 12.5 Å². The number of anilines is 1. The lowest BCUT2D eigenvalue weighted by molar-refractivity contribution is 0.0858. The number of oxazole rings is 1. The van der Waals surface area contributed by atoms with Crippen LogP contribution in [0.5, 0.6) is 5.88 Å². The first-order valence-corrected chi connectivity index (χ1v) is 11.1. The maximum absolute atomic E-state index is 12.2. The first-order valence-electron chi connectivity index (χ1n) is 11.1. The fourth-order valence-electron chi connectivity index (χ4n) is 4.29. The van der Waals surface area contributed by atoms with Gasteiger partial charge in [0, 0.05) is 31.4 Å². The Bertz CT molecular complexity index is 1070. The third-order valence-corrected chi connectivity index (χ3v) is 6.02. The van der Waals surface area contributed by atoms with Crippen molar-refractivity contribution < 1.29 is 18.7 Å². The quantitative estimate of drug-likeness (QED) is 0.650. The molecule has 1 saturated carbocycles. The van der Waals surface area contributed by atoms with Crippen LogP contribution in [-0.2, 0) is 4.74 Å². The molecule has 9 nitrogen and oxygen atoms in total. The Morgan fingerprint density at radius 1 is 1.16 bits per heavy atom. The number of nitrogens with one attached hydrogen (secondary N) is 1. The zero-order chi connectivity index (χ0) is 21.9. The van der Waals surface area contributed by atoms with Crippen LogP contribution < -0.4 is 15.0 Å². The van der Waals surface area contributed by atoms with Crippen molar-refractivity contribution in [1.29, 1.82) is 0 Å². The minimum absolute atomic E-state index is 0.0426. The molecule has 0 unspecified atom stereocenters. The highest BCUT2D eigenvalue weighted by Crippen LogP contribution is 2.31. The highest BCUT2D eigenvalue weighted by Gasteiger charge is 2.26. The van der Waals surface area contributed by atoms with Crippen molar-refractivity contribution in [2.45, 2.75) is 44.8 Å². The normalized spacial score (nSPS) is 21.5. The number of hydrogen-bond acceptors (Lipinski definition) is 8. The number of morpholine rings is 1. The number of pyridine rings is 2. The summed E-state index contributed by atoms with van der Waals surface area (Å²) in [6, 6.07) is 4.19.